The molecule has 0 aromatic carbocycles. The van der Waals surface area contributed by atoms with E-state index < -0.39 is 0 Å². The van der Waals surface area contributed by atoms with Crippen molar-refractivity contribution in [3.05, 3.63) is 0 Å². The molecule has 1 aliphatic carbocycles. The van der Waals surface area contributed by atoms with E-state index in [1.54, 1.807) is 0 Å². The lowest BCUT2D eigenvalue weighted by molar-refractivity contribution is -0.123. The first-order valence-corrected chi connectivity index (χ1v) is 7.66. The minimum atomic E-state index is 0.274. The molecule has 3 nitrogen and oxygen atoms in total. The van der Waals surface area contributed by atoms with E-state index in [4.69, 9.17) is 0 Å². The van der Waals surface area contributed by atoms with E-state index in [-0.39, 0.29) is 5.91 Å². The SMILES string of the molecule is CC1CCC(NC(=O)CC2CCC(C)NC2)CC1. The summed E-state index contributed by atoms with van der Waals surface area (Å²) in [7, 11) is 0. The summed E-state index contributed by atoms with van der Waals surface area (Å²) in [4.78, 5) is 12.0. The highest BCUT2D eigenvalue weighted by Gasteiger charge is 2.23. The van der Waals surface area contributed by atoms with Gasteiger partial charge in [-0.15, -0.1) is 0 Å². The minimum Gasteiger partial charge on any atom is -0.353 e. The highest BCUT2D eigenvalue weighted by atomic mass is 16.1. The molecule has 2 atom stereocenters. The van der Waals surface area contributed by atoms with Gasteiger partial charge in [0.25, 0.3) is 0 Å². The lowest BCUT2D eigenvalue weighted by Gasteiger charge is -2.29. The monoisotopic (exact) mass is 252 g/mol. The van der Waals surface area contributed by atoms with Gasteiger partial charge in [-0.25, -0.2) is 0 Å². The number of carbonyl (C=O) groups is 1. The van der Waals surface area contributed by atoms with Crippen LogP contribution in [0.4, 0.5) is 0 Å². The Balaban J connectivity index is 1.66. The molecule has 0 aromatic heterocycles. The summed E-state index contributed by atoms with van der Waals surface area (Å²) in [5.74, 6) is 1.67. The number of nitrogens with one attached hydrogen (secondary N) is 2. The Morgan fingerprint density at radius 1 is 1.11 bits per heavy atom. The number of piperidine rings is 1. The van der Waals surface area contributed by atoms with Crippen molar-refractivity contribution in [2.75, 3.05) is 6.54 Å². The molecular formula is C15H28N2O. The zero-order valence-electron chi connectivity index (χ0n) is 11.9. The molecule has 1 saturated heterocycles. The second kappa shape index (κ2) is 6.55. The van der Waals surface area contributed by atoms with Gasteiger partial charge in [-0.3, -0.25) is 4.79 Å². The maximum absolute atomic E-state index is 12.0. The Morgan fingerprint density at radius 3 is 2.44 bits per heavy atom. The van der Waals surface area contributed by atoms with Gasteiger partial charge in [-0.05, 0) is 63.8 Å². The fraction of sp³-hybridized carbons (Fsp3) is 0.933. The predicted molar refractivity (Wildman–Crippen MR) is 74.4 cm³/mol. The van der Waals surface area contributed by atoms with Gasteiger partial charge in [-0.2, -0.15) is 0 Å². The summed E-state index contributed by atoms with van der Waals surface area (Å²) in [6, 6.07) is 1.08. The van der Waals surface area contributed by atoms with E-state index in [0.717, 1.165) is 12.5 Å². The van der Waals surface area contributed by atoms with E-state index in [0.29, 0.717) is 24.4 Å². The van der Waals surface area contributed by atoms with Crippen LogP contribution in [0.5, 0.6) is 0 Å². The molecule has 0 bridgehead atoms. The Hall–Kier alpha value is -0.570. The smallest absolute Gasteiger partial charge is 0.220 e. The van der Waals surface area contributed by atoms with Crippen LogP contribution in [0.15, 0.2) is 0 Å². The standard InChI is InChI=1S/C15H28N2O/c1-11-3-7-14(8-4-11)17-15(18)9-13-6-5-12(2)16-10-13/h11-14,16H,3-10H2,1-2H3,(H,17,18). The van der Waals surface area contributed by atoms with Crippen molar-refractivity contribution in [1.82, 2.24) is 10.6 Å². The predicted octanol–water partition coefficient (Wildman–Crippen LogP) is 2.46. The molecule has 0 radical (unpaired) electrons. The van der Waals surface area contributed by atoms with Crippen LogP contribution >= 0.6 is 0 Å². The Labute approximate surface area is 111 Å². The summed E-state index contributed by atoms with van der Waals surface area (Å²) in [6.07, 6.45) is 8.01. The van der Waals surface area contributed by atoms with Crippen LogP contribution in [0.3, 0.4) is 0 Å². The lowest BCUT2D eigenvalue weighted by atomic mass is 9.87. The van der Waals surface area contributed by atoms with E-state index >= 15 is 0 Å². The lowest BCUT2D eigenvalue weighted by Crippen LogP contribution is -2.41. The van der Waals surface area contributed by atoms with Crippen molar-refractivity contribution in [2.24, 2.45) is 11.8 Å². The van der Waals surface area contributed by atoms with Crippen LogP contribution in [0.1, 0.15) is 58.8 Å². The topological polar surface area (TPSA) is 41.1 Å². The number of hydrogen-bond donors (Lipinski definition) is 2. The molecule has 2 rings (SSSR count). The maximum atomic E-state index is 12.0. The normalized spacial score (nSPS) is 37.2. The molecule has 1 heterocycles. The van der Waals surface area contributed by atoms with Crippen LogP contribution in [0.25, 0.3) is 0 Å². The first kappa shape index (κ1) is 13.9. The van der Waals surface area contributed by atoms with Crippen LogP contribution in [0, 0.1) is 11.8 Å². The summed E-state index contributed by atoms with van der Waals surface area (Å²) >= 11 is 0. The van der Waals surface area contributed by atoms with E-state index in [9.17, 15) is 4.79 Å². The third-order valence-corrected chi connectivity index (χ3v) is 4.62. The number of amides is 1. The van der Waals surface area contributed by atoms with Crippen molar-refractivity contribution in [3.63, 3.8) is 0 Å². The fourth-order valence-corrected chi connectivity index (χ4v) is 3.19. The summed E-state index contributed by atoms with van der Waals surface area (Å²) < 4.78 is 0. The minimum absolute atomic E-state index is 0.274. The molecule has 18 heavy (non-hydrogen) atoms. The zero-order valence-corrected chi connectivity index (χ0v) is 11.9. The van der Waals surface area contributed by atoms with Gasteiger partial charge in [0, 0.05) is 18.5 Å². The van der Waals surface area contributed by atoms with Gasteiger partial charge in [0.15, 0.2) is 0 Å². The second-order valence-electron chi connectivity index (χ2n) is 6.48. The van der Waals surface area contributed by atoms with Gasteiger partial charge < -0.3 is 10.6 Å². The molecule has 2 unspecified atom stereocenters. The molecular weight excluding hydrogens is 224 g/mol. The van der Waals surface area contributed by atoms with E-state index in [1.807, 2.05) is 0 Å². The largest absolute Gasteiger partial charge is 0.353 e. The third-order valence-electron chi connectivity index (χ3n) is 4.62. The van der Waals surface area contributed by atoms with Crippen LogP contribution in [-0.4, -0.2) is 24.5 Å². The number of hydrogen-bond acceptors (Lipinski definition) is 2. The second-order valence-corrected chi connectivity index (χ2v) is 6.48. The van der Waals surface area contributed by atoms with Gasteiger partial charge in [0.05, 0.1) is 0 Å². The van der Waals surface area contributed by atoms with E-state index in [1.165, 1.54) is 38.5 Å². The molecule has 1 saturated carbocycles. The molecule has 3 heteroatoms. The third kappa shape index (κ3) is 4.27. The van der Waals surface area contributed by atoms with Crippen LogP contribution < -0.4 is 10.6 Å². The number of rotatable bonds is 3. The Kier molecular flexibility index (Phi) is 5.04. The van der Waals surface area contributed by atoms with Crippen molar-refractivity contribution in [1.29, 1.82) is 0 Å². The molecule has 1 aliphatic heterocycles. The molecule has 2 aliphatic rings. The van der Waals surface area contributed by atoms with Gasteiger partial charge >= 0.3 is 0 Å². The van der Waals surface area contributed by atoms with Crippen LogP contribution in [-0.2, 0) is 4.79 Å². The highest BCUT2D eigenvalue weighted by molar-refractivity contribution is 5.76. The molecule has 104 valence electrons. The van der Waals surface area contributed by atoms with Gasteiger partial charge in [0.1, 0.15) is 0 Å². The van der Waals surface area contributed by atoms with Crippen molar-refractivity contribution >= 4 is 5.91 Å². The summed E-state index contributed by atoms with van der Waals surface area (Å²) in [5.41, 5.74) is 0. The van der Waals surface area contributed by atoms with Gasteiger partial charge in [0.2, 0.25) is 5.91 Å². The molecule has 2 N–H and O–H groups in total. The average molecular weight is 252 g/mol. The zero-order chi connectivity index (χ0) is 13.0. The maximum Gasteiger partial charge on any atom is 0.220 e. The highest BCUT2D eigenvalue weighted by Crippen LogP contribution is 2.24. The quantitative estimate of drug-likeness (QED) is 0.810. The van der Waals surface area contributed by atoms with Crippen LogP contribution in [0.2, 0.25) is 0 Å². The average Bonchev–Trinajstić information content (AvgIpc) is 2.35. The molecule has 0 aromatic rings. The van der Waals surface area contributed by atoms with E-state index in [2.05, 4.69) is 24.5 Å². The number of carbonyl (C=O) groups excluding carboxylic acids is 1. The Bertz CT molecular complexity index is 238. The molecule has 1 amide bonds. The van der Waals surface area contributed by atoms with Crippen molar-refractivity contribution in [2.45, 2.75) is 70.9 Å². The summed E-state index contributed by atoms with van der Waals surface area (Å²) in [5, 5.41) is 6.70. The fourth-order valence-electron chi connectivity index (χ4n) is 3.19. The summed E-state index contributed by atoms with van der Waals surface area (Å²) in [6.45, 7) is 5.54. The molecule has 2 fully saturated rings. The van der Waals surface area contributed by atoms with Crippen molar-refractivity contribution in [3.8, 4) is 0 Å². The molecule has 0 spiro atoms. The van der Waals surface area contributed by atoms with Crippen molar-refractivity contribution < 1.29 is 4.79 Å². The Morgan fingerprint density at radius 2 is 1.83 bits per heavy atom. The first-order chi connectivity index (χ1) is 8.63. The van der Waals surface area contributed by atoms with Gasteiger partial charge in [-0.1, -0.05) is 6.92 Å². The first-order valence-electron chi connectivity index (χ1n) is 7.66.